The molecule has 6 heterocycles. The molecule has 26 nitrogen and oxygen atoms in total. The van der Waals surface area contributed by atoms with E-state index in [0.29, 0.717) is 64.7 Å². The van der Waals surface area contributed by atoms with Gasteiger partial charge < -0.3 is 62.4 Å². The van der Waals surface area contributed by atoms with Crippen LogP contribution in [0.2, 0.25) is 0 Å². The minimum Gasteiger partial charge on any atom is -0.420 e. The standard InChI is InChI=1S/C30H46N16O10S/c31-25(32)37-7-5-35-11-17(47)23-41-39-21(53-23)15-9-29(1-2-29)19-13-43(15)27(49)45(19)55-57(51,52)56-46-20-14-44(28(46)50)16(10-30(20)3-4-30)22-40-42-24(54-22)18(48)12-36-6-8-38-26(33)34/h15-20,35-36,47-48H,1-14H2,(H4,31,32,37)(H4,33,34,38)/t15-,16-,17+,18+,19-,20-/m0/s1. The number of piperidine rings is 2. The molecule has 4 aliphatic heterocycles. The molecule has 2 spiro atoms. The Morgan fingerprint density at radius 2 is 1.16 bits per heavy atom. The van der Waals surface area contributed by atoms with Crippen LogP contribution < -0.4 is 33.6 Å². The molecule has 27 heteroatoms. The molecule has 6 fully saturated rings. The lowest BCUT2D eigenvalue weighted by Gasteiger charge is -2.35. The number of carbonyl (C=O) groups is 2. The topological polar surface area (TPSA) is 371 Å². The zero-order valence-electron chi connectivity index (χ0n) is 30.7. The predicted molar refractivity (Wildman–Crippen MR) is 190 cm³/mol. The van der Waals surface area contributed by atoms with Crippen LogP contribution in [0, 0.1) is 10.8 Å². The molecule has 2 aliphatic carbocycles. The molecule has 57 heavy (non-hydrogen) atoms. The van der Waals surface area contributed by atoms with Crippen LogP contribution in [0.4, 0.5) is 9.59 Å². The number of urea groups is 2. The normalized spacial score (nSPS) is 26.4. The number of guanidine groups is 2. The predicted octanol–water partition coefficient (Wildman–Crippen LogP) is -3.28. The molecule has 4 bridgehead atoms. The van der Waals surface area contributed by atoms with E-state index < -0.39 is 69.7 Å². The van der Waals surface area contributed by atoms with Crippen LogP contribution >= 0.6 is 0 Å². The minimum atomic E-state index is -5.02. The molecule has 4 saturated heterocycles. The van der Waals surface area contributed by atoms with Gasteiger partial charge >= 0.3 is 22.5 Å². The van der Waals surface area contributed by atoms with Gasteiger partial charge in [-0.25, -0.2) is 9.59 Å². The van der Waals surface area contributed by atoms with Gasteiger partial charge in [0.1, 0.15) is 24.3 Å². The van der Waals surface area contributed by atoms with Crippen LogP contribution in [-0.4, -0.2) is 147 Å². The summed E-state index contributed by atoms with van der Waals surface area (Å²) < 4.78 is 49.6. The Morgan fingerprint density at radius 1 is 0.754 bits per heavy atom. The van der Waals surface area contributed by atoms with Gasteiger partial charge in [-0.05, 0) is 49.4 Å². The summed E-state index contributed by atoms with van der Waals surface area (Å²) in [7, 11) is -5.02. The van der Waals surface area contributed by atoms with Crippen molar-refractivity contribution in [2.45, 2.75) is 74.9 Å². The number of aliphatic hydroxyl groups is 2. The van der Waals surface area contributed by atoms with Gasteiger partial charge in [0.2, 0.25) is 23.6 Å². The molecule has 2 saturated carbocycles. The van der Waals surface area contributed by atoms with Crippen LogP contribution in [0.25, 0.3) is 0 Å². The largest absolute Gasteiger partial charge is 0.442 e. The summed E-state index contributed by atoms with van der Waals surface area (Å²) in [5.74, 6) is -0.0262. The average Bonchev–Trinajstić information content (AvgIpc) is 3.85. The second-order valence-electron chi connectivity index (χ2n) is 15.3. The lowest BCUT2D eigenvalue weighted by Crippen LogP contribution is -2.45. The van der Waals surface area contributed by atoms with Gasteiger partial charge in [-0.15, -0.1) is 29.0 Å². The van der Waals surface area contributed by atoms with Crippen molar-refractivity contribution in [3.63, 3.8) is 0 Å². The highest BCUT2D eigenvalue weighted by atomic mass is 32.3. The molecule has 2 aromatic heterocycles. The summed E-state index contributed by atoms with van der Waals surface area (Å²) in [6.07, 6.45) is 1.25. The first-order valence-corrected chi connectivity index (χ1v) is 19.9. The first-order valence-electron chi connectivity index (χ1n) is 18.6. The fraction of sp³-hybridized carbons (Fsp3) is 0.733. The Balaban J connectivity index is 0.904. The monoisotopic (exact) mass is 822 g/mol. The second-order valence-corrected chi connectivity index (χ2v) is 16.4. The highest BCUT2D eigenvalue weighted by molar-refractivity contribution is 7.81. The molecule has 312 valence electrons. The number of carbonyl (C=O) groups excluding carboxylic acids is 2. The molecule has 0 aromatic carbocycles. The zero-order valence-corrected chi connectivity index (χ0v) is 31.5. The molecular weight excluding hydrogens is 776 g/mol. The van der Waals surface area contributed by atoms with Crippen molar-refractivity contribution >= 4 is 34.4 Å². The number of amides is 4. The number of aliphatic imine (C=N–C) groups is 2. The van der Waals surface area contributed by atoms with E-state index in [2.05, 4.69) is 41.0 Å². The third-order valence-corrected chi connectivity index (χ3v) is 12.2. The van der Waals surface area contributed by atoms with Crippen molar-refractivity contribution in [2.75, 3.05) is 52.4 Å². The van der Waals surface area contributed by atoms with Gasteiger partial charge in [0, 0.05) is 39.3 Å². The molecule has 6 atom stereocenters. The molecule has 0 radical (unpaired) electrons. The van der Waals surface area contributed by atoms with Gasteiger partial charge in [-0.2, -0.15) is 18.5 Å². The van der Waals surface area contributed by atoms with E-state index in [-0.39, 0.29) is 61.7 Å². The van der Waals surface area contributed by atoms with E-state index in [1.165, 1.54) is 9.80 Å². The molecule has 6 aliphatic rings. The maximum Gasteiger partial charge on any atom is 0.442 e. The molecule has 12 N–H and O–H groups in total. The number of hydroxylamine groups is 4. The van der Waals surface area contributed by atoms with Gasteiger partial charge in [0.15, 0.2) is 11.9 Å². The van der Waals surface area contributed by atoms with E-state index >= 15 is 0 Å². The van der Waals surface area contributed by atoms with E-state index in [1.807, 2.05) is 0 Å². The quantitative estimate of drug-likeness (QED) is 0.0415. The summed E-state index contributed by atoms with van der Waals surface area (Å²) in [5, 5.41) is 44.9. The van der Waals surface area contributed by atoms with Crippen LogP contribution in [0.3, 0.4) is 0 Å². The van der Waals surface area contributed by atoms with E-state index in [4.69, 9.17) is 40.3 Å². The minimum absolute atomic E-state index is 0.0470. The Bertz CT molecular complexity index is 1880. The number of hydrogen-bond donors (Lipinski definition) is 8. The Labute approximate surface area is 325 Å². The summed E-state index contributed by atoms with van der Waals surface area (Å²) in [4.78, 5) is 38.1. The molecular formula is C30H46N16O10S. The summed E-state index contributed by atoms with van der Waals surface area (Å²) in [5.41, 5.74) is 20.3. The Hall–Kier alpha value is -4.93. The SMILES string of the molecule is NC(N)=NCCNC[C@@H](O)c1nnc([C@@H]2CC3(CC3)[C@@H]3CN2C(=O)N3OS(=O)(=O)ON2C(=O)N3C[C@H]2C2(CC2)C[C@H]3c2nnc([C@H](O)CNCCN=C(N)N)o2)o1. The summed E-state index contributed by atoms with van der Waals surface area (Å²) in [6, 6.07) is -4.17. The summed E-state index contributed by atoms with van der Waals surface area (Å²) in [6.45, 7) is 1.76. The summed E-state index contributed by atoms with van der Waals surface area (Å²) >= 11 is 0. The lowest BCUT2D eigenvalue weighted by atomic mass is 9.85. The number of nitrogens with zero attached hydrogens (tertiary/aromatic N) is 10. The fourth-order valence-electron chi connectivity index (χ4n) is 8.29. The number of rotatable bonds is 18. The fourth-order valence-corrected chi connectivity index (χ4v) is 9.05. The van der Waals surface area contributed by atoms with Crippen molar-refractivity contribution in [2.24, 2.45) is 43.7 Å². The molecule has 2 aromatic rings. The van der Waals surface area contributed by atoms with Crippen LogP contribution in [0.1, 0.15) is 86.4 Å². The number of aromatic nitrogens is 4. The van der Waals surface area contributed by atoms with Crippen molar-refractivity contribution < 1.29 is 45.6 Å². The number of nitrogens with one attached hydrogen (secondary N) is 2. The number of aliphatic hydroxyl groups excluding tert-OH is 2. The van der Waals surface area contributed by atoms with Gasteiger partial charge in [0.05, 0.1) is 25.2 Å². The molecule has 4 amide bonds. The highest BCUT2D eigenvalue weighted by Gasteiger charge is 2.67. The van der Waals surface area contributed by atoms with Crippen molar-refractivity contribution in [1.29, 1.82) is 0 Å². The second kappa shape index (κ2) is 14.8. The first kappa shape index (κ1) is 38.9. The van der Waals surface area contributed by atoms with Gasteiger partial charge in [-0.1, -0.05) is 0 Å². The Morgan fingerprint density at radius 3 is 1.53 bits per heavy atom. The van der Waals surface area contributed by atoms with Crippen molar-refractivity contribution in [1.82, 2.24) is 51.0 Å². The lowest BCUT2D eigenvalue weighted by molar-refractivity contribution is -0.101. The maximum atomic E-state index is 13.8. The average molecular weight is 823 g/mol. The van der Waals surface area contributed by atoms with E-state index in [0.717, 1.165) is 10.1 Å². The number of nitrogens with two attached hydrogens (primary N) is 4. The third-order valence-electron chi connectivity index (χ3n) is 11.6. The first-order chi connectivity index (χ1) is 27.2. The number of fused-ring (bicyclic) bond motifs is 6. The number of hydrogen-bond acceptors (Lipinski definition) is 18. The zero-order chi connectivity index (χ0) is 40.3. The van der Waals surface area contributed by atoms with Crippen LogP contribution in [0.5, 0.6) is 0 Å². The van der Waals surface area contributed by atoms with Gasteiger partial charge in [0.25, 0.3) is 0 Å². The molecule has 8 rings (SSSR count). The van der Waals surface area contributed by atoms with Crippen molar-refractivity contribution in [3.05, 3.63) is 23.6 Å². The smallest absolute Gasteiger partial charge is 0.420 e. The van der Waals surface area contributed by atoms with E-state index in [1.54, 1.807) is 0 Å². The Kier molecular flexibility index (Phi) is 10.1. The van der Waals surface area contributed by atoms with Gasteiger partial charge in [-0.3, -0.25) is 9.98 Å². The maximum absolute atomic E-state index is 13.8. The third kappa shape index (κ3) is 7.62. The van der Waals surface area contributed by atoms with E-state index in [9.17, 15) is 28.2 Å². The van der Waals surface area contributed by atoms with Crippen molar-refractivity contribution in [3.8, 4) is 0 Å². The van der Waals surface area contributed by atoms with Crippen LogP contribution in [-0.2, 0) is 19.0 Å². The highest BCUT2D eigenvalue weighted by Crippen LogP contribution is 2.63. The molecule has 0 unspecified atom stereocenters. The van der Waals surface area contributed by atoms with Crippen LogP contribution in [0.15, 0.2) is 18.8 Å².